The summed E-state index contributed by atoms with van der Waals surface area (Å²) in [4.78, 5) is 0. The Morgan fingerprint density at radius 2 is 1.25 bits per heavy atom. The summed E-state index contributed by atoms with van der Waals surface area (Å²) in [6.07, 6.45) is -4.92. The van der Waals surface area contributed by atoms with E-state index in [4.69, 9.17) is 11.6 Å². The summed E-state index contributed by atoms with van der Waals surface area (Å²) in [5, 5.41) is -5.24. The van der Waals surface area contributed by atoms with Gasteiger partial charge < -0.3 is 0 Å². The fourth-order valence-corrected chi connectivity index (χ4v) is 0.986. The van der Waals surface area contributed by atoms with Crippen molar-refractivity contribution < 1.29 is 22.0 Å². The van der Waals surface area contributed by atoms with Crippen molar-refractivity contribution in [2.45, 2.75) is 22.6 Å². The molecule has 0 aromatic rings. The Morgan fingerprint density at radius 1 is 0.917 bits per heavy atom. The Hall–Kier alpha value is 0.660. The largest absolute Gasteiger partial charge is 0.406 e. The molecule has 0 saturated heterocycles. The molecule has 3 unspecified atom stereocenters. The van der Waals surface area contributed by atoms with Crippen LogP contribution < -0.4 is 0 Å². The monoisotopic (exact) mass is 248 g/mol. The summed E-state index contributed by atoms with van der Waals surface area (Å²) < 4.78 is 59.3. The fourth-order valence-electron chi connectivity index (χ4n) is 0.361. The minimum Gasteiger partial charge on any atom is -0.201 e. The van der Waals surface area contributed by atoms with Gasteiger partial charge in [-0.3, -0.25) is 0 Å². The molecule has 0 aliphatic carbocycles. The van der Waals surface area contributed by atoms with E-state index in [0.29, 0.717) is 0 Å². The van der Waals surface area contributed by atoms with Crippen LogP contribution in [0, 0.1) is 0 Å². The van der Waals surface area contributed by atoms with Crippen LogP contribution in [0.15, 0.2) is 0 Å². The van der Waals surface area contributed by atoms with Crippen LogP contribution in [0.4, 0.5) is 22.0 Å². The van der Waals surface area contributed by atoms with Gasteiger partial charge in [-0.2, -0.15) is 13.2 Å². The average molecular weight is 249 g/mol. The molecule has 0 amide bonds. The molecule has 0 radical (unpaired) electrons. The quantitative estimate of drug-likeness (QED) is 0.400. The van der Waals surface area contributed by atoms with Gasteiger partial charge in [0.1, 0.15) is 5.38 Å². The van der Waals surface area contributed by atoms with E-state index in [1.54, 1.807) is 0 Å². The molecular weight excluding hydrogens is 245 g/mol. The molecule has 8 heteroatoms. The fraction of sp³-hybridized carbons (Fsp3) is 1.00. The molecule has 0 fully saturated rings. The molecule has 0 N–H and O–H groups in total. The van der Waals surface area contributed by atoms with Gasteiger partial charge >= 0.3 is 6.18 Å². The topological polar surface area (TPSA) is 0 Å². The van der Waals surface area contributed by atoms with Crippen molar-refractivity contribution in [3.8, 4) is 0 Å². The highest BCUT2D eigenvalue weighted by Gasteiger charge is 2.50. The molecule has 0 rings (SSSR count). The van der Waals surface area contributed by atoms with Crippen LogP contribution in [0.3, 0.4) is 0 Å². The summed E-state index contributed by atoms with van der Waals surface area (Å²) >= 11 is 9.41. The van der Waals surface area contributed by atoms with Crippen LogP contribution in [0.2, 0.25) is 0 Å². The van der Waals surface area contributed by atoms with Gasteiger partial charge in [0.25, 0.3) is 5.66 Å². The van der Waals surface area contributed by atoms with E-state index in [1.165, 1.54) is 0 Å². The first-order valence-corrected chi connectivity index (χ1v) is 4.03. The molecule has 0 spiro atoms. The van der Waals surface area contributed by atoms with E-state index < -0.39 is 22.6 Å². The Bertz CT molecular complexity index is 135. The summed E-state index contributed by atoms with van der Waals surface area (Å²) in [6, 6.07) is 0. The Balaban J connectivity index is 4.41. The lowest BCUT2D eigenvalue weighted by Crippen LogP contribution is -2.40. The first kappa shape index (κ1) is 12.7. The second-order valence-corrected chi connectivity index (χ2v) is 3.73. The second kappa shape index (κ2) is 3.81. The van der Waals surface area contributed by atoms with Crippen LogP contribution in [0.25, 0.3) is 0 Å². The van der Waals surface area contributed by atoms with Crippen LogP contribution >= 0.6 is 32.4 Å². The number of hydrogen-bond acceptors (Lipinski definition) is 0. The van der Waals surface area contributed by atoms with E-state index in [1.807, 2.05) is 0 Å². The second-order valence-electron chi connectivity index (χ2n) is 2.02. The molecule has 74 valence electrons. The molecule has 3 atom stereocenters. The van der Waals surface area contributed by atoms with E-state index in [-0.39, 0.29) is 0 Å². The van der Waals surface area contributed by atoms with Crippen molar-refractivity contribution in [2.24, 2.45) is 0 Å². The molecule has 0 aliphatic rings. The SMILES string of the molecule is FC(F)(F)C(Cl)C(Cl)C(F)(F)P. The molecule has 0 nitrogen and oxygen atoms in total. The molecule has 0 bridgehead atoms. The molecule has 12 heavy (non-hydrogen) atoms. The molecule has 0 heterocycles. The summed E-state index contributed by atoms with van der Waals surface area (Å²) in [5.74, 6) is 0. The smallest absolute Gasteiger partial charge is 0.201 e. The third kappa shape index (κ3) is 3.58. The molecule has 0 aliphatic heterocycles. The Labute approximate surface area is 77.6 Å². The summed E-state index contributed by atoms with van der Waals surface area (Å²) in [5.41, 5.74) is -3.73. The van der Waals surface area contributed by atoms with Gasteiger partial charge in [-0.05, 0) is 0 Å². The van der Waals surface area contributed by atoms with Crippen molar-refractivity contribution in [3.63, 3.8) is 0 Å². The van der Waals surface area contributed by atoms with Gasteiger partial charge in [0, 0.05) is 0 Å². The number of hydrogen-bond donors (Lipinski definition) is 0. The normalized spacial score (nSPS) is 19.0. The molecule has 0 aromatic carbocycles. The lowest BCUT2D eigenvalue weighted by atomic mass is 10.3. The number of halogens is 7. The van der Waals surface area contributed by atoms with Gasteiger partial charge in [-0.15, -0.1) is 23.2 Å². The van der Waals surface area contributed by atoms with Gasteiger partial charge in [0.05, 0.1) is 0 Å². The first-order valence-electron chi connectivity index (χ1n) is 2.58. The highest BCUT2D eigenvalue weighted by molar-refractivity contribution is 7.18. The van der Waals surface area contributed by atoms with Gasteiger partial charge in [0.15, 0.2) is 5.38 Å². The zero-order valence-corrected chi connectivity index (χ0v) is 8.04. The van der Waals surface area contributed by atoms with Gasteiger partial charge in [-0.1, -0.05) is 9.24 Å². The lowest BCUT2D eigenvalue weighted by molar-refractivity contribution is -0.138. The van der Waals surface area contributed by atoms with Crippen molar-refractivity contribution in [3.05, 3.63) is 0 Å². The molecule has 0 aromatic heterocycles. The van der Waals surface area contributed by atoms with E-state index in [2.05, 4.69) is 11.6 Å². The van der Waals surface area contributed by atoms with E-state index >= 15 is 0 Å². The van der Waals surface area contributed by atoms with Crippen molar-refractivity contribution in [1.29, 1.82) is 0 Å². The minimum atomic E-state index is -4.92. The van der Waals surface area contributed by atoms with Crippen LogP contribution in [0.1, 0.15) is 0 Å². The predicted molar refractivity (Wildman–Crippen MR) is 40.0 cm³/mol. The highest BCUT2D eigenvalue weighted by atomic mass is 35.5. The zero-order chi connectivity index (χ0) is 10.2. The highest BCUT2D eigenvalue weighted by Crippen LogP contribution is 2.40. The van der Waals surface area contributed by atoms with Crippen molar-refractivity contribution in [2.75, 3.05) is 0 Å². The maximum atomic E-state index is 12.1. The van der Waals surface area contributed by atoms with Crippen LogP contribution in [-0.4, -0.2) is 22.6 Å². The van der Waals surface area contributed by atoms with Crippen LogP contribution in [-0.2, 0) is 0 Å². The summed E-state index contributed by atoms with van der Waals surface area (Å²) in [7, 11) is 0.907. The van der Waals surface area contributed by atoms with Gasteiger partial charge in [0.2, 0.25) is 0 Å². The average Bonchev–Trinajstić information content (AvgIpc) is 1.80. The maximum absolute atomic E-state index is 12.1. The van der Waals surface area contributed by atoms with Crippen LogP contribution in [0.5, 0.6) is 0 Å². The van der Waals surface area contributed by atoms with E-state index in [0.717, 1.165) is 9.24 Å². The standard InChI is InChI=1S/C4H4Cl2F5P/c5-1(3(7,8)9)2(6)4(10,11)12/h1-2H,12H2. The first-order chi connectivity index (χ1) is 5.07. The minimum absolute atomic E-state index is 0.907. The van der Waals surface area contributed by atoms with Gasteiger partial charge in [-0.25, -0.2) is 8.78 Å². The number of alkyl halides is 7. The molecular formula is C4H4Cl2F5P. The molecule has 0 saturated carbocycles. The van der Waals surface area contributed by atoms with E-state index in [9.17, 15) is 22.0 Å². The third-order valence-corrected chi connectivity index (χ3v) is 2.68. The zero-order valence-electron chi connectivity index (χ0n) is 5.38. The number of rotatable bonds is 2. The van der Waals surface area contributed by atoms with Crippen molar-refractivity contribution in [1.82, 2.24) is 0 Å². The Kier molecular flexibility index (Phi) is 4.01. The third-order valence-electron chi connectivity index (χ3n) is 0.937. The van der Waals surface area contributed by atoms with Crippen molar-refractivity contribution >= 4 is 32.4 Å². The lowest BCUT2D eigenvalue weighted by Gasteiger charge is -2.23. The predicted octanol–water partition coefficient (Wildman–Crippen LogP) is 3.23. The summed E-state index contributed by atoms with van der Waals surface area (Å²) in [6.45, 7) is 0. The maximum Gasteiger partial charge on any atom is 0.406 e. The Morgan fingerprint density at radius 3 is 1.33 bits per heavy atom.